The number of nitrogens with one attached hydrogen (secondary N) is 1. The normalized spacial score (nSPS) is 10.5. The number of H-pyrrole nitrogens is 1. The summed E-state index contributed by atoms with van der Waals surface area (Å²) in [6, 6.07) is 3.58. The first-order chi connectivity index (χ1) is 9.40. The van der Waals surface area contributed by atoms with E-state index < -0.39 is 27.5 Å². The molecule has 1 N–H and O–H groups in total. The summed E-state index contributed by atoms with van der Waals surface area (Å²) >= 11 is 0.706. The zero-order valence-corrected chi connectivity index (χ0v) is 10.8. The molecule has 1 aromatic heterocycles. The number of rotatable bonds is 3. The van der Waals surface area contributed by atoms with Gasteiger partial charge in [0.25, 0.3) is 0 Å². The minimum atomic E-state index is -1.02. The minimum Gasteiger partial charge on any atom is -0.265 e. The Balaban J connectivity index is 2.54. The SMILES string of the molecule is Cn1[nH]c(=O)c(=O)nc1Sc1cccc(F)c1[N+](=O)[O-]. The summed E-state index contributed by atoms with van der Waals surface area (Å²) in [5, 5.41) is 13.0. The van der Waals surface area contributed by atoms with Crippen LogP contribution in [0.3, 0.4) is 0 Å². The second-order valence-electron chi connectivity index (χ2n) is 3.65. The Bertz CT molecular complexity index is 801. The second-order valence-corrected chi connectivity index (χ2v) is 4.65. The Morgan fingerprint density at radius 3 is 2.80 bits per heavy atom. The molecule has 0 saturated heterocycles. The molecule has 0 aliphatic rings. The van der Waals surface area contributed by atoms with E-state index in [1.54, 1.807) is 0 Å². The van der Waals surface area contributed by atoms with Crippen molar-refractivity contribution in [2.45, 2.75) is 10.1 Å². The number of para-hydroxylation sites is 1. The van der Waals surface area contributed by atoms with Crippen molar-refractivity contribution in [1.29, 1.82) is 0 Å². The molecule has 0 bridgehead atoms. The quantitative estimate of drug-likeness (QED) is 0.506. The first kappa shape index (κ1) is 13.9. The maximum Gasteiger partial charge on any atom is 0.339 e. The van der Waals surface area contributed by atoms with Crippen LogP contribution in [0.4, 0.5) is 10.1 Å². The smallest absolute Gasteiger partial charge is 0.265 e. The highest BCUT2D eigenvalue weighted by Crippen LogP contribution is 2.34. The summed E-state index contributed by atoms with van der Waals surface area (Å²) in [7, 11) is 1.40. The Morgan fingerprint density at radius 2 is 2.15 bits per heavy atom. The fourth-order valence-corrected chi connectivity index (χ4v) is 2.33. The summed E-state index contributed by atoms with van der Waals surface area (Å²) in [4.78, 5) is 35.7. The molecule has 1 heterocycles. The van der Waals surface area contributed by atoms with E-state index in [4.69, 9.17) is 0 Å². The van der Waals surface area contributed by atoms with E-state index in [0.717, 1.165) is 10.7 Å². The van der Waals surface area contributed by atoms with Gasteiger partial charge in [0.05, 0.1) is 9.82 Å². The monoisotopic (exact) mass is 298 g/mol. The van der Waals surface area contributed by atoms with Crippen LogP contribution in [-0.4, -0.2) is 19.7 Å². The van der Waals surface area contributed by atoms with Gasteiger partial charge in [0, 0.05) is 7.05 Å². The first-order valence-corrected chi connectivity index (χ1v) is 6.00. The standard InChI is InChI=1S/C10H7FN4O4S/c1-14-10(12-8(16)9(17)13-14)20-6-4-2-3-5(11)7(6)15(18)19/h2-4H,1H3,(H,13,17). The van der Waals surface area contributed by atoms with E-state index in [2.05, 4.69) is 10.1 Å². The molecule has 0 saturated carbocycles. The summed E-state index contributed by atoms with van der Waals surface area (Å²) < 4.78 is 14.6. The Kier molecular flexibility index (Phi) is 3.66. The van der Waals surface area contributed by atoms with E-state index in [-0.39, 0.29) is 10.1 Å². The van der Waals surface area contributed by atoms with Crippen molar-refractivity contribution in [2.24, 2.45) is 7.05 Å². The van der Waals surface area contributed by atoms with Crippen LogP contribution in [0.2, 0.25) is 0 Å². The lowest BCUT2D eigenvalue weighted by atomic mass is 10.3. The van der Waals surface area contributed by atoms with Crippen molar-refractivity contribution in [3.63, 3.8) is 0 Å². The molecular formula is C10H7FN4O4S. The van der Waals surface area contributed by atoms with Gasteiger partial charge < -0.3 is 0 Å². The van der Waals surface area contributed by atoms with Crippen molar-refractivity contribution in [2.75, 3.05) is 0 Å². The molecule has 0 amide bonds. The number of nitro benzene ring substituents is 1. The van der Waals surface area contributed by atoms with E-state index in [9.17, 15) is 24.1 Å². The Labute approximate surface area is 114 Å². The lowest BCUT2D eigenvalue weighted by Gasteiger charge is -2.06. The van der Waals surface area contributed by atoms with Crippen molar-refractivity contribution in [1.82, 2.24) is 14.8 Å². The molecule has 0 unspecified atom stereocenters. The van der Waals surface area contributed by atoms with E-state index >= 15 is 0 Å². The van der Waals surface area contributed by atoms with Gasteiger partial charge in [0.15, 0.2) is 5.16 Å². The maximum absolute atomic E-state index is 13.4. The van der Waals surface area contributed by atoms with Crippen LogP contribution in [0.1, 0.15) is 0 Å². The second kappa shape index (κ2) is 5.25. The van der Waals surface area contributed by atoms with Crippen molar-refractivity contribution >= 4 is 17.4 Å². The number of nitrogens with zero attached hydrogens (tertiary/aromatic N) is 3. The number of benzene rings is 1. The largest absolute Gasteiger partial charge is 0.339 e. The van der Waals surface area contributed by atoms with Gasteiger partial charge in [-0.2, -0.15) is 9.37 Å². The molecule has 0 atom stereocenters. The van der Waals surface area contributed by atoms with Gasteiger partial charge in [0.2, 0.25) is 5.82 Å². The average molecular weight is 298 g/mol. The molecule has 104 valence electrons. The molecule has 0 aliphatic heterocycles. The predicted octanol–water partition coefficient (Wildman–Crippen LogP) is 0.667. The van der Waals surface area contributed by atoms with E-state index in [0.29, 0.717) is 11.8 Å². The highest BCUT2D eigenvalue weighted by atomic mass is 32.2. The highest BCUT2D eigenvalue weighted by Gasteiger charge is 2.21. The minimum absolute atomic E-state index is 0.00306. The molecule has 2 rings (SSSR count). The molecule has 1 aromatic carbocycles. The summed E-state index contributed by atoms with van der Waals surface area (Å²) in [5.74, 6) is -0.991. The maximum atomic E-state index is 13.4. The fourth-order valence-electron chi connectivity index (χ4n) is 1.41. The lowest BCUT2D eigenvalue weighted by Crippen LogP contribution is -2.33. The first-order valence-electron chi connectivity index (χ1n) is 5.18. The van der Waals surface area contributed by atoms with Crippen LogP contribution in [-0.2, 0) is 7.05 Å². The van der Waals surface area contributed by atoms with Crippen molar-refractivity contribution in [3.8, 4) is 0 Å². The Hall–Kier alpha value is -2.49. The number of aryl methyl sites for hydroxylation is 1. The third-order valence-electron chi connectivity index (χ3n) is 2.28. The molecule has 8 nitrogen and oxygen atoms in total. The van der Waals surface area contributed by atoms with Crippen molar-refractivity contribution < 1.29 is 9.31 Å². The third-order valence-corrected chi connectivity index (χ3v) is 3.38. The van der Waals surface area contributed by atoms with Crippen LogP contribution in [0.15, 0.2) is 37.8 Å². The number of aromatic amines is 1. The highest BCUT2D eigenvalue weighted by molar-refractivity contribution is 7.99. The zero-order chi connectivity index (χ0) is 14.9. The van der Waals surface area contributed by atoms with E-state index in [1.165, 1.54) is 19.2 Å². The Morgan fingerprint density at radius 1 is 1.45 bits per heavy atom. The van der Waals surface area contributed by atoms with Gasteiger partial charge in [-0.1, -0.05) is 6.07 Å². The predicted molar refractivity (Wildman–Crippen MR) is 67.3 cm³/mol. The van der Waals surface area contributed by atoms with Crippen LogP contribution in [0.25, 0.3) is 0 Å². The van der Waals surface area contributed by atoms with E-state index in [1.807, 2.05) is 0 Å². The fraction of sp³-hybridized carbons (Fsp3) is 0.100. The molecular weight excluding hydrogens is 291 g/mol. The molecule has 0 radical (unpaired) electrons. The van der Waals surface area contributed by atoms with Gasteiger partial charge in [-0.3, -0.25) is 29.5 Å². The van der Waals surface area contributed by atoms with Gasteiger partial charge in [-0.15, -0.1) is 0 Å². The van der Waals surface area contributed by atoms with Crippen molar-refractivity contribution in [3.05, 3.63) is 54.8 Å². The van der Waals surface area contributed by atoms with Gasteiger partial charge in [0.1, 0.15) is 0 Å². The zero-order valence-electron chi connectivity index (χ0n) is 9.99. The topological polar surface area (TPSA) is 111 Å². The summed E-state index contributed by atoms with van der Waals surface area (Å²) in [6.45, 7) is 0. The third kappa shape index (κ3) is 2.59. The van der Waals surface area contributed by atoms with Crippen LogP contribution in [0.5, 0.6) is 0 Å². The average Bonchev–Trinajstić information content (AvgIpc) is 2.35. The van der Waals surface area contributed by atoms with Gasteiger partial charge in [-0.25, -0.2) is 0 Å². The van der Waals surface area contributed by atoms with Gasteiger partial charge in [-0.05, 0) is 23.9 Å². The molecule has 0 spiro atoms. The van der Waals surface area contributed by atoms with Crippen LogP contribution < -0.4 is 11.1 Å². The number of nitro groups is 1. The molecule has 0 fully saturated rings. The number of hydrogen-bond donors (Lipinski definition) is 1. The molecule has 10 heteroatoms. The van der Waals surface area contributed by atoms with Gasteiger partial charge >= 0.3 is 16.8 Å². The summed E-state index contributed by atoms with van der Waals surface area (Å²) in [6.07, 6.45) is 0. The van der Waals surface area contributed by atoms with Crippen LogP contribution in [0, 0.1) is 15.9 Å². The molecule has 0 aliphatic carbocycles. The summed E-state index contributed by atoms with van der Waals surface area (Å²) in [5.41, 5.74) is -2.65. The lowest BCUT2D eigenvalue weighted by molar-refractivity contribution is -0.390. The number of halogens is 1. The van der Waals surface area contributed by atoms with Crippen LogP contribution >= 0.6 is 11.8 Å². The molecule has 20 heavy (non-hydrogen) atoms. The number of aromatic nitrogens is 3. The molecule has 2 aromatic rings. The number of hydrogen-bond acceptors (Lipinski definition) is 6.